The lowest BCUT2D eigenvalue weighted by Gasteiger charge is -2.30. The van der Waals surface area contributed by atoms with E-state index in [1.54, 1.807) is 54.0 Å². The number of para-hydroxylation sites is 1. The van der Waals surface area contributed by atoms with Crippen molar-refractivity contribution < 1.29 is 86.6 Å². The molecule has 0 saturated heterocycles. The molecule has 3 rings (SSSR count). The maximum absolute atomic E-state index is 14.8. The zero-order valence-corrected chi connectivity index (χ0v) is 70.0. The summed E-state index contributed by atoms with van der Waals surface area (Å²) < 4.78 is 0. The van der Waals surface area contributed by atoms with Crippen molar-refractivity contribution in [2.75, 3.05) is 25.1 Å². The van der Waals surface area contributed by atoms with Crippen molar-refractivity contribution in [1.82, 2.24) is 84.1 Å². The van der Waals surface area contributed by atoms with Crippen LogP contribution in [0.5, 0.6) is 0 Å². The summed E-state index contributed by atoms with van der Waals surface area (Å²) in [6.07, 6.45) is 3.75. The Morgan fingerprint density at radius 3 is 1.39 bits per heavy atom. The van der Waals surface area contributed by atoms with Gasteiger partial charge in [0, 0.05) is 67.6 Å². The minimum Gasteiger partial charge on any atom is -0.481 e. The van der Waals surface area contributed by atoms with Gasteiger partial charge in [-0.3, -0.25) is 86.5 Å². The number of H-pyrrole nitrogens is 2. The van der Waals surface area contributed by atoms with E-state index in [1.807, 2.05) is 24.3 Å². The second-order valence-electron chi connectivity index (χ2n) is 30.1. The predicted octanol–water partition coefficient (Wildman–Crippen LogP) is -4.68. The number of carboxylic acids is 1. The van der Waals surface area contributed by atoms with Gasteiger partial charge in [0.15, 0.2) is 5.96 Å². The van der Waals surface area contributed by atoms with Gasteiger partial charge in [0.2, 0.25) is 94.5 Å². The van der Waals surface area contributed by atoms with E-state index in [1.165, 1.54) is 45.1 Å². The average molecular weight is 1690 g/mol. The van der Waals surface area contributed by atoms with Gasteiger partial charge in [0.25, 0.3) is 0 Å². The van der Waals surface area contributed by atoms with E-state index in [9.17, 15) is 86.6 Å². The number of fused-ring (bicyclic) bond motifs is 1. The number of aromatic amines is 2. The molecule has 0 bridgehead atoms. The SMILES string of the molecule is CC[C@H](C)[C@H](NC(=O)[C@H](CCC(=O)O)NC(=O)[C@H](C)NC(=O)[C@@H](NC(=O)[C@H](C)N)C(C)C)C(=O)N[C@@H](CCC(N)=O)C(=O)N[C@@H](CC(C)C)C(=O)N[C@@H](CCSC)C(=O)N[C@@H](Cc1cnc[nH]1)C(=O)N[C@@H](CCC(N)=O)C(=O)N[C@@H](CCCCN=C(N)N)C(=O)N[C@@H](C)C(=O)N[C@@H](CCCCN)C(=O)N[C@@H](Cc1c[nH]c2ccccc12)C(N)=O. The van der Waals surface area contributed by atoms with E-state index in [0.717, 1.165) is 10.9 Å². The maximum atomic E-state index is 14.8. The number of rotatable bonds is 57. The minimum absolute atomic E-state index is 0.00524. The van der Waals surface area contributed by atoms with Crippen LogP contribution in [0.3, 0.4) is 0 Å². The molecule has 0 fully saturated rings. The van der Waals surface area contributed by atoms with E-state index in [-0.39, 0.29) is 94.2 Å². The number of hydrogen-bond acceptors (Lipinski definition) is 22. The van der Waals surface area contributed by atoms with Gasteiger partial charge >= 0.3 is 5.97 Å². The first-order chi connectivity index (χ1) is 56.1. The van der Waals surface area contributed by atoms with Crippen LogP contribution in [0, 0.1) is 17.8 Å². The molecule has 16 amide bonds. The zero-order chi connectivity index (χ0) is 89.3. The Kier molecular flexibility index (Phi) is 44.7. The fourth-order valence-electron chi connectivity index (χ4n) is 12.1. The molecule has 2 aromatic heterocycles. The summed E-state index contributed by atoms with van der Waals surface area (Å²) in [7, 11) is 0. The highest BCUT2D eigenvalue weighted by molar-refractivity contribution is 7.98. The number of aromatic nitrogens is 3. The Bertz CT molecular complexity index is 3950. The first-order valence-electron chi connectivity index (χ1n) is 39.7. The highest BCUT2D eigenvalue weighted by Crippen LogP contribution is 2.21. The van der Waals surface area contributed by atoms with Crippen LogP contribution < -0.4 is 109 Å². The number of primary amides is 3. The topological polar surface area (TPSA) is 706 Å². The normalized spacial score (nSPS) is 15.0. The lowest BCUT2D eigenvalue weighted by atomic mass is 9.96. The molecule has 0 aliphatic heterocycles. The van der Waals surface area contributed by atoms with Crippen LogP contribution >= 0.6 is 11.8 Å². The highest BCUT2D eigenvalue weighted by atomic mass is 32.2. The van der Waals surface area contributed by atoms with Crippen molar-refractivity contribution in [3.8, 4) is 0 Å². The number of amides is 16. The van der Waals surface area contributed by atoms with Crippen LogP contribution in [0.25, 0.3) is 10.9 Å². The number of imidazole rings is 1. The number of carbonyl (C=O) groups is 17. The van der Waals surface area contributed by atoms with Gasteiger partial charge in [-0.05, 0) is 139 Å². The molecule has 2 heterocycles. The van der Waals surface area contributed by atoms with Gasteiger partial charge < -0.3 is 124 Å². The summed E-state index contributed by atoms with van der Waals surface area (Å²) in [5.74, 6) is -17.5. The fraction of sp³-hybridized carbons (Fsp3) is 0.618. The van der Waals surface area contributed by atoms with Gasteiger partial charge in [-0.1, -0.05) is 66.2 Å². The minimum atomic E-state index is -1.68. The average Bonchev–Trinajstić information content (AvgIpc) is 1.71. The summed E-state index contributed by atoms with van der Waals surface area (Å²) in [5, 5.41) is 43.9. The molecule has 15 atom stereocenters. The van der Waals surface area contributed by atoms with E-state index in [4.69, 9.17) is 40.1 Å². The Labute approximate surface area is 695 Å². The first-order valence-corrected chi connectivity index (χ1v) is 41.1. The van der Waals surface area contributed by atoms with Crippen LogP contribution in [-0.4, -0.2) is 236 Å². The third-order valence-corrected chi connectivity index (χ3v) is 19.9. The number of thioether (sulfide) groups is 1. The van der Waals surface area contributed by atoms with Gasteiger partial charge in [0.1, 0.15) is 78.5 Å². The van der Waals surface area contributed by atoms with Crippen LogP contribution in [0.15, 0.2) is 48.0 Å². The molecule has 0 aliphatic rings. The monoisotopic (exact) mass is 1690 g/mol. The number of nitrogens with zero attached hydrogens (tertiary/aromatic N) is 2. The third-order valence-electron chi connectivity index (χ3n) is 19.2. The van der Waals surface area contributed by atoms with E-state index < -0.39 is 235 Å². The summed E-state index contributed by atoms with van der Waals surface area (Å²) in [4.78, 5) is 247. The number of hydrogen-bond donors (Lipinski definition) is 23. The van der Waals surface area contributed by atoms with E-state index >= 15 is 0 Å². The van der Waals surface area contributed by atoms with Gasteiger partial charge in [0.05, 0.1) is 12.4 Å². The van der Waals surface area contributed by atoms with Crippen molar-refractivity contribution in [3.63, 3.8) is 0 Å². The summed E-state index contributed by atoms with van der Waals surface area (Å²) in [6, 6.07) is -12.6. The van der Waals surface area contributed by atoms with Crippen molar-refractivity contribution in [2.45, 2.75) is 256 Å². The molecule has 42 nitrogen and oxygen atoms in total. The van der Waals surface area contributed by atoms with Crippen LogP contribution in [-0.2, 0) is 94.3 Å². The number of nitrogens with one attached hydrogen (secondary N) is 15. The third kappa shape index (κ3) is 36.9. The molecule has 0 aliphatic carbocycles. The maximum Gasteiger partial charge on any atom is 0.303 e. The fourth-order valence-corrected chi connectivity index (χ4v) is 12.6. The number of nitrogens with two attached hydrogens (primary N) is 7. The second-order valence-corrected chi connectivity index (χ2v) is 31.1. The van der Waals surface area contributed by atoms with Gasteiger partial charge in [-0.25, -0.2) is 4.98 Å². The smallest absolute Gasteiger partial charge is 0.303 e. The lowest BCUT2D eigenvalue weighted by Crippen LogP contribution is -2.61. The number of aliphatic carboxylic acids is 1. The standard InChI is InChI=1S/C76H124N24O18S/c1-11-40(6)61(100-71(114)52(24-27-59(103)104)91-65(108)43(9)89-74(117)60(39(4)5)99-63(106)41(7)78)75(118)95-51(23-26-58(80)102)69(112)97-55(32-38(2)3)72(115)94-53(28-31-119-10)70(113)98-56(34-45-36-84-37-87-45)73(116)93-50(22-25-57(79)101)68(111)92-48(21-15-17-30-85-76(82)83)66(109)88-42(8)64(107)90-49(20-14-16-29-77)67(110)96-54(62(81)105)33-44-35-86-47-19-13-12-18-46(44)47/h12-13,18-19,35-43,48-56,60-61,86H,11,14-17,20-34,77-78H2,1-10H3,(H2,79,101)(H2,80,102)(H2,81,105)(H,84,87)(H,88,109)(H,89,117)(H,90,107)(H,91,108)(H,92,111)(H,93,116)(H,94,115)(H,95,118)(H,96,110)(H,97,112)(H,98,113)(H,99,106)(H,100,114)(H,103,104)(H4,82,83,85)/t40-,41-,42-,43-,48-,49-,50-,51-,52-,53-,54-,55-,56-,60-,61-/m0/s1. The number of aliphatic imine (C=N–C) groups is 1. The van der Waals surface area contributed by atoms with Crippen LogP contribution in [0.2, 0.25) is 0 Å². The first kappa shape index (κ1) is 102. The lowest BCUT2D eigenvalue weighted by molar-refractivity contribution is -0.139. The molecular formula is C76H124N24O18S. The van der Waals surface area contributed by atoms with Crippen LogP contribution in [0.1, 0.15) is 170 Å². The van der Waals surface area contributed by atoms with Gasteiger partial charge in [-0.2, -0.15) is 11.8 Å². The molecule has 0 radical (unpaired) electrons. The number of benzene rings is 1. The van der Waals surface area contributed by atoms with Crippen molar-refractivity contribution in [2.24, 2.45) is 62.9 Å². The second kappa shape index (κ2) is 52.3. The highest BCUT2D eigenvalue weighted by Gasteiger charge is 2.39. The summed E-state index contributed by atoms with van der Waals surface area (Å²) >= 11 is 1.28. The quantitative estimate of drug-likeness (QED) is 0.0143. The Morgan fingerprint density at radius 1 is 0.479 bits per heavy atom. The molecule has 43 heteroatoms. The predicted molar refractivity (Wildman–Crippen MR) is 441 cm³/mol. The summed E-state index contributed by atoms with van der Waals surface area (Å²) in [6.45, 7) is 14.3. The molecule has 119 heavy (non-hydrogen) atoms. The molecule has 0 unspecified atom stereocenters. The Balaban J connectivity index is 1.96. The Morgan fingerprint density at radius 2 is 0.916 bits per heavy atom. The largest absolute Gasteiger partial charge is 0.481 e. The summed E-state index contributed by atoms with van der Waals surface area (Å²) in [5.41, 5.74) is 41.2. The van der Waals surface area contributed by atoms with Crippen molar-refractivity contribution >= 4 is 129 Å². The van der Waals surface area contributed by atoms with E-state index in [0.29, 0.717) is 18.4 Å². The molecule has 0 spiro atoms. The molecule has 3 aromatic rings. The van der Waals surface area contributed by atoms with E-state index in [2.05, 4.69) is 89.1 Å². The number of guanidine groups is 1. The number of unbranched alkanes of at least 4 members (excludes halogenated alkanes) is 2. The van der Waals surface area contributed by atoms with Crippen LogP contribution in [0.4, 0.5) is 0 Å². The number of carboxylic acid groups (broad SMARTS) is 1. The van der Waals surface area contributed by atoms with Crippen molar-refractivity contribution in [3.05, 3.63) is 54.2 Å². The molecule has 662 valence electrons. The molecule has 30 N–H and O–H groups in total. The molecule has 1 aromatic carbocycles. The molecular weight excluding hydrogens is 1570 g/mol. The zero-order valence-electron chi connectivity index (χ0n) is 69.2. The number of carbonyl (C=O) groups excluding carboxylic acids is 16. The Hall–Kier alpha value is -11.5. The van der Waals surface area contributed by atoms with Crippen molar-refractivity contribution in [1.29, 1.82) is 0 Å². The molecule has 0 saturated carbocycles. The van der Waals surface area contributed by atoms with Gasteiger partial charge in [-0.15, -0.1) is 0 Å².